The summed E-state index contributed by atoms with van der Waals surface area (Å²) in [5, 5.41) is 2.83. The summed E-state index contributed by atoms with van der Waals surface area (Å²) in [7, 11) is 0. The third-order valence-corrected chi connectivity index (χ3v) is 3.69. The van der Waals surface area contributed by atoms with Crippen molar-refractivity contribution in [3.8, 4) is 0 Å². The number of carbonyl (C=O) groups is 1. The number of morpholine rings is 1. The topological polar surface area (TPSA) is 74.4 Å². The van der Waals surface area contributed by atoms with Gasteiger partial charge in [-0.2, -0.15) is 0 Å². The number of hydrogen-bond acceptors (Lipinski definition) is 4. The van der Waals surface area contributed by atoms with Crippen molar-refractivity contribution in [2.24, 2.45) is 0 Å². The Balaban J connectivity index is 1.89. The Morgan fingerprint density at radius 2 is 2.14 bits per heavy atom. The largest absolute Gasteiger partial charge is 0.373 e. The maximum Gasteiger partial charge on any atom is 0.260 e. The molecule has 21 heavy (non-hydrogen) atoms. The summed E-state index contributed by atoms with van der Waals surface area (Å²) >= 11 is 0. The van der Waals surface area contributed by atoms with Crippen LogP contribution >= 0.6 is 0 Å². The fraction of sp³-hybridized carbons (Fsp3) is 0.600. The van der Waals surface area contributed by atoms with Crippen LogP contribution in [-0.2, 0) is 4.74 Å². The lowest BCUT2D eigenvalue weighted by Gasteiger charge is -2.38. The molecule has 0 saturated carbocycles. The van der Waals surface area contributed by atoms with Crippen LogP contribution < -0.4 is 10.9 Å². The summed E-state index contributed by atoms with van der Waals surface area (Å²) in [5.41, 5.74) is -0.218. The van der Waals surface area contributed by atoms with Crippen LogP contribution in [0, 0.1) is 0 Å². The highest BCUT2D eigenvalue weighted by Crippen LogP contribution is 2.13. The number of hydrogen-bond donors (Lipinski definition) is 2. The van der Waals surface area contributed by atoms with E-state index in [0.717, 1.165) is 13.1 Å². The highest BCUT2D eigenvalue weighted by atomic mass is 16.5. The summed E-state index contributed by atoms with van der Waals surface area (Å²) in [6, 6.07) is 3.37. The van der Waals surface area contributed by atoms with Crippen molar-refractivity contribution in [2.45, 2.75) is 39.0 Å². The van der Waals surface area contributed by atoms with Crippen molar-refractivity contribution < 1.29 is 9.53 Å². The number of pyridine rings is 1. The SMILES string of the molecule is CC1CN(C(C)CNC(=O)c2ccc[nH]c2=O)CC(C)O1. The zero-order valence-electron chi connectivity index (χ0n) is 12.8. The van der Waals surface area contributed by atoms with Crippen LogP contribution in [0.2, 0.25) is 0 Å². The molecule has 3 atom stereocenters. The molecule has 6 heteroatoms. The Hall–Kier alpha value is -1.66. The molecule has 0 aromatic carbocycles. The number of carbonyl (C=O) groups excluding carboxylic acids is 1. The molecule has 1 aliphatic rings. The van der Waals surface area contributed by atoms with Crippen LogP contribution in [-0.4, -0.2) is 53.7 Å². The average Bonchev–Trinajstić information content (AvgIpc) is 2.43. The van der Waals surface area contributed by atoms with E-state index in [1.807, 2.05) is 0 Å². The number of rotatable bonds is 4. The minimum Gasteiger partial charge on any atom is -0.373 e. The molecular formula is C15H23N3O3. The molecule has 2 rings (SSSR count). The molecule has 6 nitrogen and oxygen atoms in total. The van der Waals surface area contributed by atoms with Crippen LogP contribution in [0.4, 0.5) is 0 Å². The van der Waals surface area contributed by atoms with Gasteiger partial charge in [-0.1, -0.05) is 0 Å². The van der Waals surface area contributed by atoms with Gasteiger partial charge in [0.1, 0.15) is 5.56 Å². The zero-order valence-corrected chi connectivity index (χ0v) is 12.8. The van der Waals surface area contributed by atoms with Gasteiger partial charge in [0.15, 0.2) is 0 Å². The third kappa shape index (κ3) is 4.15. The molecular weight excluding hydrogens is 270 g/mol. The predicted octanol–water partition coefficient (Wildman–Crippen LogP) is 0.602. The van der Waals surface area contributed by atoms with E-state index in [1.165, 1.54) is 12.3 Å². The first-order valence-electron chi connectivity index (χ1n) is 7.32. The van der Waals surface area contributed by atoms with Gasteiger partial charge in [-0.3, -0.25) is 14.5 Å². The molecule has 3 unspecified atom stereocenters. The number of aromatic nitrogens is 1. The number of nitrogens with one attached hydrogen (secondary N) is 2. The minimum atomic E-state index is -0.365. The summed E-state index contributed by atoms with van der Waals surface area (Å²) in [4.78, 5) is 28.4. The summed E-state index contributed by atoms with van der Waals surface area (Å²) < 4.78 is 5.70. The van der Waals surface area contributed by atoms with E-state index in [-0.39, 0.29) is 35.3 Å². The van der Waals surface area contributed by atoms with Gasteiger partial charge >= 0.3 is 0 Å². The van der Waals surface area contributed by atoms with E-state index in [1.54, 1.807) is 6.07 Å². The standard InChI is InChI=1S/C15H23N3O3/c1-10(18-8-11(2)21-12(3)9-18)7-17-15(20)13-5-4-6-16-14(13)19/h4-6,10-12H,7-9H2,1-3H3,(H,16,19)(H,17,20). The van der Waals surface area contributed by atoms with Crippen molar-refractivity contribution in [1.82, 2.24) is 15.2 Å². The molecule has 0 radical (unpaired) electrons. The fourth-order valence-electron chi connectivity index (χ4n) is 2.64. The maximum atomic E-state index is 12.0. The Kier molecular flexibility index (Phi) is 5.14. The van der Waals surface area contributed by atoms with Gasteiger partial charge in [0.2, 0.25) is 0 Å². The van der Waals surface area contributed by atoms with Gasteiger partial charge in [-0.05, 0) is 32.9 Å². The normalized spacial score (nSPS) is 24.5. The van der Waals surface area contributed by atoms with Gasteiger partial charge < -0.3 is 15.0 Å². The average molecular weight is 293 g/mol. The summed E-state index contributed by atoms with van der Waals surface area (Å²) in [6.45, 7) is 8.39. The molecule has 1 fully saturated rings. The second-order valence-electron chi connectivity index (χ2n) is 5.68. The smallest absolute Gasteiger partial charge is 0.260 e. The molecule has 2 N–H and O–H groups in total. The van der Waals surface area contributed by atoms with Crippen molar-refractivity contribution in [3.63, 3.8) is 0 Å². The zero-order chi connectivity index (χ0) is 15.4. The molecule has 1 saturated heterocycles. The van der Waals surface area contributed by atoms with Gasteiger partial charge in [0.25, 0.3) is 11.5 Å². The number of amides is 1. The molecule has 116 valence electrons. The predicted molar refractivity (Wildman–Crippen MR) is 80.4 cm³/mol. The second-order valence-corrected chi connectivity index (χ2v) is 5.68. The maximum absolute atomic E-state index is 12.0. The second kappa shape index (κ2) is 6.87. The number of aromatic amines is 1. The third-order valence-electron chi connectivity index (χ3n) is 3.69. The molecule has 1 aromatic rings. The van der Waals surface area contributed by atoms with Crippen molar-refractivity contribution in [1.29, 1.82) is 0 Å². The lowest BCUT2D eigenvalue weighted by Crippen LogP contribution is -2.52. The van der Waals surface area contributed by atoms with E-state index in [0.29, 0.717) is 6.54 Å². The van der Waals surface area contributed by atoms with Crippen LogP contribution in [0.15, 0.2) is 23.1 Å². The van der Waals surface area contributed by atoms with Gasteiger partial charge in [0, 0.05) is 31.9 Å². The van der Waals surface area contributed by atoms with Gasteiger partial charge in [0.05, 0.1) is 12.2 Å². The van der Waals surface area contributed by atoms with E-state index in [2.05, 4.69) is 36.0 Å². The Labute approximate surface area is 124 Å². The van der Waals surface area contributed by atoms with E-state index < -0.39 is 0 Å². The number of nitrogens with zero attached hydrogens (tertiary/aromatic N) is 1. The van der Waals surface area contributed by atoms with Gasteiger partial charge in [-0.25, -0.2) is 0 Å². The molecule has 2 heterocycles. The molecule has 0 spiro atoms. The van der Waals surface area contributed by atoms with Crippen LogP contribution in [0.25, 0.3) is 0 Å². The molecule has 1 aliphatic heterocycles. The minimum absolute atomic E-state index is 0.147. The van der Waals surface area contributed by atoms with Gasteiger partial charge in [-0.15, -0.1) is 0 Å². The van der Waals surface area contributed by atoms with E-state index in [9.17, 15) is 9.59 Å². The highest BCUT2D eigenvalue weighted by molar-refractivity contribution is 5.93. The fourth-order valence-corrected chi connectivity index (χ4v) is 2.64. The lowest BCUT2D eigenvalue weighted by atomic mass is 10.1. The van der Waals surface area contributed by atoms with Crippen molar-refractivity contribution in [2.75, 3.05) is 19.6 Å². The van der Waals surface area contributed by atoms with Crippen LogP contribution in [0.5, 0.6) is 0 Å². The van der Waals surface area contributed by atoms with Crippen LogP contribution in [0.1, 0.15) is 31.1 Å². The first-order valence-corrected chi connectivity index (χ1v) is 7.32. The quantitative estimate of drug-likeness (QED) is 0.852. The van der Waals surface area contributed by atoms with Crippen LogP contribution in [0.3, 0.4) is 0 Å². The van der Waals surface area contributed by atoms with Crippen molar-refractivity contribution in [3.05, 3.63) is 34.2 Å². The first-order chi connectivity index (χ1) is 9.97. The van der Waals surface area contributed by atoms with Crippen molar-refractivity contribution >= 4 is 5.91 Å². The Bertz CT molecular complexity index is 533. The first kappa shape index (κ1) is 15.7. The Morgan fingerprint density at radius 3 is 2.76 bits per heavy atom. The monoisotopic (exact) mass is 293 g/mol. The number of H-pyrrole nitrogens is 1. The molecule has 1 amide bonds. The molecule has 0 bridgehead atoms. The summed E-state index contributed by atoms with van der Waals surface area (Å²) in [6.07, 6.45) is 1.91. The summed E-state index contributed by atoms with van der Waals surface area (Å²) in [5.74, 6) is -0.335. The highest BCUT2D eigenvalue weighted by Gasteiger charge is 2.25. The Morgan fingerprint density at radius 1 is 1.48 bits per heavy atom. The van der Waals surface area contributed by atoms with E-state index in [4.69, 9.17) is 4.74 Å². The lowest BCUT2D eigenvalue weighted by molar-refractivity contribution is -0.0778. The van der Waals surface area contributed by atoms with E-state index >= 15 is 0 Å². The number of ether oxygens (including phenoxy) is 1. The molecule has 1 aromatic heterocycles. The molecule has 0 aliphatic carbocycles.